The van der Waals surface area contributed by atoms with Crippen molar-refractivity contribution in [3.05, 3.63) is 64.7 Å². The number of methoxy groups -OCH3 is 1. The number of nitrogens with zero attached hydrogens (tertiary/aromatic N) is 1. The van der Waals surface area contributed by atoms with Gasteiger partial charge in [0, 0.05) is 11.3 Å². The summed E-state index contributed by atoms with van der Waals surface area (Å²) < 4.78 is 5.36. The van der Waals surface area contributed by atoms with Crippen LogP contribution in [0.4, 0.5) is 0 Å². The number of benzene rings is 2. The zero-order valence-corrected chi connectivity index (χ0v) is 13.9. The van der Waals surface area contributed by atoms with Crippen LogP contribution in [0.1, 0.15) is 27.5 Å². The fourth-order valence-electron chi connectivity index (χ4n) is 2.27. The number of thioether (sulfide) groups is 1. The predicted molar refractivity (Wildman–Crippen MR) is 92.1 cm³/mol. The first kappa shape index (κ1) is 16.9. The summed E-state index contributed by atoms with van der Waals surface area (Å²) in [6.07, 6.45) is 0. The fourth-order valence-corrected chi connectivity index (χ4v) is 3.35. The summed E-state index contributed by atoms with van der Waals surface area (Å²) in [6.45, 7) is 2.01. The first-order valence-electron chi connectivity index (χ1n) is 7.09. The molecule has 2 aromatic rings. The highest BCUT2D eigenvalue weighted by molar-refractivity contribution is 7.99. The van der Waals surface area contributed by atoms with Crippen molar-refractivity contribution in [2.45, 2.75) is 17.9 Å². The minimum absolute atomic E-state index is 0.397. The van der Waals surface area contributed by atoms with Crippen LogP contribution in [0, 0.1) is 18.3 Å². The maximum absolute atomic E-state index is 11.8. The van der Waals surface area contributed by atoms with E-state index in [0.717, 1.165) is 22.4 Å². The van der Waals surface area contributed by atoms with Gasteiger partial charge in [0.05, 0.1) is 18.7 Å². The van der Waals surface area contributed by atoms with Gasteiger partial charge in [-0.25, -0.2) is 0 Å². The number of rotatable bonds is 6. The number of nitriles is 1. The molecule has 0 saturated heterocycles. The van der Waals surface area contributed by atoms with Crippen LogP contribution < -0.4 is 10.5 Å². The number of hydrogen-bond donors (Lipinski definition) is 1. The lowest BCUT2D eigenvalue weighted by atomic mass is 10.1. The second-order valence-corrected chi connectivity index (χ2v) is 6.24. The summed E-state index contributed by atoms with van der Waals surface area (Å²) in [4.78, 5) is 11.8. The van der Waals surface area contributed by atoms with E-state index in [2.05, 4.69) is 6.07 Å². The largest absolute Gasteiger partial charge is 0.496 e. The smallest absolute Gasteiger partial charge is 0.235 e. The lowest BCUT2D eigenvalue weighted by Crippen LogP contribution is -2.19. The van der Waals surface area contributed by atoms with Crippen molar-refractivity contribution in [2.24, 2.45) is 5.73 Å². The molecule has 118 valence electrons. The molecule has 0 aliphatic carbocycles. The van der Waals surface area contributed by atoms with Gasteiger partial charge in [-0.1, -0.05) is 29.8 Å². The normalized spacial score (nSPS) is 11.5. The SMILES string of the molecule is COc1ccc(C)cc1CS[C@H](C(N)=O)c1ccc(C#N)cc1. The van der Waals surface area contributed by atoms with E-state index in [1.54, 1.807) is 31.4 Å². The van der Waals surface area contributed by atoms with Gasteiger partial charge in [0.2, 0.25) is 5.91 Å². The Morgan fingerprint density at radius 2 is 2.00 bits per heavy atom. The molecular weight excluding hydrogens is 308 g/mol. The van der Waals surface area contributed by atoms with Crippen molar-refractivity contribution in [1.29, 1.82) is 5.26 Å². The number of aryl methyl sites for hydroxylation is 1. The first-order chi connectivity index (χ1) is 11.0. The van der Waals surface area contributed by atoms with E-state index in [1.807, 2.05) is 25.1 Å². The van der Waals surface area contributed by atoms with E-state index in [1.165, 1.54) is 11.8 Å². The van der Waals surface area contributed by atoms with E-state index in [9.17, 15) is 4.79 Å². The van der Waals surface area contributed by atoms with Gasteiger partial charge in [0.1, 0.15) is 11.0 Å². The van der Waals surface area contributed by atoms with Crippen molar-refractivity contribution in [2.75, 3.05) is 7.11 Å². The van der Waals surface area contributed by atoms with Crippen LogP contribution in [0.2, 0.25) is 0 Å². The molecule has 0 fully saturated rings. The Labute approximate surface area is 140 Å². The summed E-state index contributed by atoms with van der Waals surface area (Å²) in [5.41, 5.74) is 9.06. The molecule has 2 rings (SSSR count). The van der Waals surface area contributed by atoms with E-state index in [0.29, 0.717) is 11.3 Å². The molecule has 2 aromatic carbocycles. The van der Waals surface area contributed by atoms with E-state index in [4.69, 9.17) is 15.7 Å². The van der Waals surface area contributed by atoms with Crippen LogP contribution in [-0.2, 0) is 10.5 Å². The maximum atomic E-state index is 11.8. The molecule has 0 aromatic heterocycles. The van der Waals surface area contributed by atoms with E-state index in [-0.39, 0.29) is 0 Å². The van der Waals surface area contributed by atoms with E-state index >= 15 is 0 Å². The molecule has 0 unspecified atom stereocenters. The van der Waals surface area contributed by atoms with Crippen LogP contribution in [-0.4, -0.2) is 13.0 Å². The Kier molecular flexibility index (Phi) is 5.67. The lowest BCUT2D eigenvalue weighted by molar-refractivity contribution is -0.117. The number of carbonyl (C=O) groups excluding carboxylic acids is 1. The Bertz CT molecular complexity index is 736. The summed E-state index contributed by atoms with van der Waals surface area (Å²) in [6, 6.07) is 14.9. The van der Waals surface area contributed by atoms with Gasteiger partial charge < -0.3 is 10.5 Å². The Morgan fingerprint density at radius 3 is 2.57 bits per heavy atom. The van der Waals surface area contributed by atoms with Gasteiger partial charge in [-0.2, -0.15) is 5.26 Å². The third-order valence-electron chi connectivity index (χ3n) is 3.44. The zero-order chi connectivity index (χ0) is 16.8. The fraction of sp³-hybridized carbons (Fsp3) is 0.222. The molecule has 1 amide bonds. The Morgan fingerprint density at radius 1 is 1.30 bits per heavy atom. The average Bonchev–Trinajstić information content (AvgIpc) is 2.55. The number of hydrogen-bond acceptors (Lipinski definition) is 4. The lowest BCUT2D eigenvalue weighted by Gasteiger charge is -2.15. The van der Waals surface area contributed by atoms with Gasteiger partial charge in [0.15, 0.2) is 0 Å². The number of primary amides is 1. The Balaban J connectivity index is 2.19. The third kappa shape index (κ3) is 4.27. The standard InChI is InChI=1S/C18H18N2O2S/c1-12-3-8-16(22-2)15(9-12)11-23-17(18(20)21)14-6-4-13(10-19)5-7-14/h3-9,17H,11H2,1-2H3,(H2,20,21)/t17-/m0/s1. The number of carbonyl (C=O) groups is 1. The second kappa shape index (κ2) is 7.70. The topological polar surface area (TPSA) is 76.1 Å². The van der Waals surface area contributed by atoms with Gasteiger partial charge in [-0.3, -0.25) is 4.79 Å². The molecule has 0 spiro atoms. The molecule has 23 heavy (non-hydrogen) atoms. The summed E-state index contributed by atoms with van der Waals surface area (Å²) in [5.74, 6) is 1.01. The molecule has 0 heterocycles. The van der Waals surface area contributed by atoms with Crippen molar-refractivity contribution >= 4 is 17.7 Å². The molecule has 0 radical (unpaired) electrons. The second-order valence-electron chi connectivity index (χ2n) is 5.14. The molecule has 0 aliphatic rings. The molecule has 0 aliphatic heterocycles. The highest BCUT2D eigenvalue weighted by Gasteiger charge is 2.19. The van der Waals surface area contributed by atoms with Gasteiger partial charge in [-0.15, -0.1) is 11.8 Å². The van der Waals surface area contributed by atoms with E-state index < -0.39 is 11.2 Å². The minimum atomic E-state index is -0.465. The zero-order valence-electron chi connectivity index (χ0n) is 13.1. The Hall–Kier alpha value is -2.45. The van der Waals surface area contributed by atoms with Crippen LogP contribution in [0.15, 0.2) is 42.5 Å². The predicted octanol–water partition coefficient (Wildman–Crippen LogP) is 3.34. The molecule has 1 atom stereocenters. The highest BCUT2D eigenvalue weighted by Crippen LogP contribution is 2.34. The molecule has 4 nitrogen and oxygen atoms in total. The van der Waals surface area contributed by atoms with Crippen molar-refractivity contribution in [3.63, 3.8) is 0 Å². The van der Waals surface area contributed by atoms with Crippen LogP contribution in [0.3, 0.4) is 0 Å². The van der Waals surface area contributed by atoms with Crippen molar-refractivity contribution in [1.82, 2.24) is 0 Å². The molecule has 5 heteroatoms. The number of amides is 1. The molecular formula is C18H18N2O2S. The minimum Gasteiger partial charge on any atom is -0.496 e. The highest BCUT2D eigenvalue weighted by atomic mass is 32.2. The van der Waals surface area contributed by atoms with Crippen molar-refractivity contribution in [3.8, 4) is 11.8 Å². The molecule has 0 saturated carbocycles. The monoisotopic (exact) mass is 326 g/mol. The quantitative estimate of drug-likeness (QED) is 0.883. The van der Waals surface area contributed by atoms with Crippen LogP contribution in [0.5, 0.6) is 5.75 Å². The van der Waals surface area contributed by atoms with Gasteiger partial charge in [-0.05, 0) is 30.7 Å². The van der Waals surface area contributed by atoms with Crippen LogP contribution >= 0.6 is 11.8 Å². The number of nitrogens with two attached hydrogens (primary N) is 1. The molecule has 0 bridgehead atoms. The average molecular weight is 326 g/mol. The summed E-state index contributed by atoms with van der Waals surface area (Å²) in [5, 5.41) is 8.39. The van der Waals surface area contributed by atoms with Gasteiger partial charge in [0.25, 0.3) is 0 Å². The number of ether oxygens (including phenoxy) is 1. The van der Waals surface area contributed by atoms with Crippen molar-refractivity contribution < 1.29 is 9.53 Å². The molecule has 2 N–H and O–H groups in total. The third-order valence-corrected chi connectivity index (χ3v) is 4.76. The summed E-state index contributed by atoms with van der Waals surface area (Å²) in [7, 11) is 1.63. The maximum Gasteiger partial charge on any atom is 0.235 e. The van der Waals surface area contributed by atoms with Gasteiger partial charge >= 0.3 is 0 Å². The van der Waals surface area contributed by atoms with Crippen LogP contribution in [0.25, 0.3) is 0 Å². The summed E-state index contributed by atoms with van der Waals surface area (Å²) >= 11 is 1.45. The first-order valence-corrected chi connectivity index (χ1v) is 8.14.